The molecule has 0 radical (unpaired) electrons. The van der Waals surface area contributed by atoms with Crippen molar-refractivity contribution < 1.29 is 22.7 Å². The summed E-state index contributed by atoms with van der Waals surface area (Å²) < 4.78 is 44.2. The van der Waals surface area contributed by atoms with Gasteiger partial charge in [-0.15, -0.1) is 0 Å². The van der Waals surface area contributed by atoms with Crippen LogP contribution < -0.4 is 5.32 Å². The highest BCUT2D eigenvalue weighted by Gasteiger charge is 2.34. The van der Waals surface area contributed by atoms with Crippen LogP contribution in [0.2, 0.25) is 0 Å². The van der Waals surface area contributed by atoms with E-state index in [0.29, 0.717) is 11.1 Å². The Morgan fingerprint density at radius 2 is 1.78 bits per heavy atom. The van der Waals surface area contributed by atoms with Crippen LogP contribution in [0.15, 0.2) is 52.9 Å². The lowest BCUT2D eigenvalue weighted by Gasteiger charge is -2.17. The number of nitrogens with zero attached hydrogens (tertiary/aromatic N) is 1. The average Bonchev–Trinajstić information content (AvgIpc) is 2.94. The van der Waals surface area contributed by atoms with Crippen molar-refractivity contribution >= 4 is 17.1 Å². The lowest BCUT2D eigenvalue weighted by molar-refractivity contribution is -0.139. The minimum atomic E-state index is -4.52. The molecule has 0 bridgehead atoms. The summed E-state index contributed by atoms with van der Waals surface area (Å²) in [6.45, 7) is -0.153. The van der Waals surface area contributed by atoms with E-state index in [4.69, 9.17) is 4.42 Å². The van der Waals surface area contributed by atoms with Crippen LogP contribution >= 0.6 is 0 Å². The molecule has 0 saturated heterocycles. The third-order valence-electron chi connectivity index (χ3n) is 3.37. The molecule has 1 heterocycles. The summed E-state index contributed by atoms with van der Waals surface area (Å²) >= 11 is 0. The first-order valence-corrected chi connectivity index (χ1v) is 6.89. The van der Waals surface area contributed by atoms with Gasteiger partial charge in [-0.25, -0.2) is 0 Å². The first-order chi connectivity index (χ1) is 10.9. The summed E-state index contributed by atoms with van der Waals surface area (Å²) in [5, 5.41) is 12.8. The normalized spacial score (nSPS) is 13.2. The fourth-order valence-corrected chi connectivity index (χ4v) is 2.29. The number of fused-ring (bicyclic) bond motifs is 1. The second-order valence-corrected chi connectivity index (χ2v) is 4.97. The molecule has 0 aliphatic carbocycles. The number of rotatable bonds is 4. The number of hydrogen-bond donors (Lipinski definition) is 2. The van der Waals surface area contributed by atoms with E-state index in [1.165, 1.54) is 18.2 Å². The van der Waals surface area contributed by atoms with E-state index >= 15 is 0 Å². The van der Waals surface area contributed by atoms with Crippen molar-refractivity contribution in [1.29, 1.82) is 0 Å². The van der Waals surface area contributed by atoms with Crippen molar-refractivity contribution in [2.24, 2.45) is 0 Å². The molecule has 2 N–H and O–H groups in total. The third kappa shape index (κ3) is 3.29. The zero-order chi connectivity index (χ0) is 16.4. The van der Waals surface area contributed by atoms with Gasteiger partial charge in [-0.05, 0) is 23.8 Å². The number of hydrogen-bond acceptors (Lipinski definition) is 4. The maximum absolute atomic E-state index is 12.9. The fourth-order valence-electron chi connectivity index (χ4n) is 2.29. The number of para-hydroxylation sites is 2. The van der Waals surface area contributed by atoms with Crippen molar-refractivity contribution in [2.45, 2.75) is 12.3 Å². The lowest BCUT2D eigenvalue weighted by Crippen LogP contribution is -2.17. The Labute approximate surface area is 129 Å². The predicted octanol–water partition coefficient (Wildman–Crippen LogP) is 3.99. The highest BCUT2D eigenvalue weighted by atomic mass is 19.4. The lowest BCUT2D eigenvalue weighted by atomic mass is 10.0. The van der Waals surface area contributed by atoms with Crippen molar-refractivity contribution in [2.75, 3.05) is 11.9 Å². The largest absolute Gasteiger partial charge is 0.424 e. The number of benzene rings is 2. The molecular formula is C16H13F3N2O2. The summed E-state index contributed by atoms with van der Waals surface area (Å²) in [5.74, 6) is 0. The van der Waals surface area contributed by atoms with Gasteiger partial charge in [-0.2, -0.15) is 18.2 Å². The van der Waals surface area contributed by atoms with Gasteiger partial charge in [0.2, 0.25) is 0 Å². The third-order valence-corrected chi connectivity index (χ3v) is 3.37. The Bertz CT molecular complexity index is 781. The highest BCUT2D eigenvalue weighted by Crippen LogP contribution is 2.34. The second kappa shape index (κ2) is 5.92. The van der Waals surface area contributed by atoms with Crippen molar-refractivity contribution in [3.63, 3.8) is 0 Å². The molecule has 0 saturated carbocycles. The molecule has 0 unspecified atom stereocenters. The summed E-state index contributed by atoms with van der Waals surface area (Å²) in [4.78, 5) is 4.14. The summed E-state index contributed by atoms with van der Waals surface area (Å²) in [6, 6.07) is 12.1. The molecule has 0 aliphatic heterocycles. The van der Waals surface area contributed by atoms with Gasteiger partial charge in [0.15, 0.2) is 5.58 Å². The molecule has 120 valence electrons. The molecule has 4 nitrogen and oxygen atoms in total. The quantitative estimate of drug-likeness (QED) is 0.762. The van der Waals surface area contributed by atoms with E-state index in [-0.39, 0.29) is 18.1 Å². The van der Waals surface area contributed by atoms with Gasteiger partial charge < -0.3 is 14.8 Å². The van der Waals surface area contributed by atoms with E-state index in [1.807, 2.05) is 0 Å². The Morgan fingerprint density at radius 1 is 1.09 bits per heavy atom. The molecule has 23 heavy (non-hydrogen) atoms. The standard InChI is InChI=1S/C16H13F3N2O2/c17-16(18,19)11-6-2-1-5-10(11)13(22)9-20-15-21-12-7-3-4-8-14(12)23-15/h1-8,13,22H,9H2,(H,20,21)/t13-/m1/s1. The Balaban J connectivity index is 1.76. The predicted molar refractivity (Wildman–Crippen MR) is 78.9 cm³/mol. The van der Waals surface area contributed by atoms with Gasteiger partial charge >= 0.3 is 6.18 Å². The number of anilines is 1. The number of aliphatic hydroxyl groups is 1. The summed E-state index contributed by atoms with van der Waals surface area (Å²) in [5.41, 5.74) is 0.135. The molecule has 0 fully saturated rings. The number of oxazole rings is 1. The van der Waals surface area contributed by atoms with Crippen LogP contribution in [-0.4, -0.2) is 16.6 Å². The van der Waals surface area contributed by atoms with Gasteiger partial charge in [0.1, 0.15) is 5.52 Å². The molecule has 3 rings (SSSR count). The van der Waals surface area contributed by atoms with E-state index in [0.717, 1.165) is 6.07 Å². The smallest absolute Gasteiger partial charge is 0.416 e. The van der Waals surface area contributed by atoms with Crippen LogP contribution in [0.3, 0.4) is 0 Å². The van der Waals surface area contributed by atoms with Crippen LogP contribution in [0, 0.1) is 0 Å². The molecule has 7 heteroatoms. The Hall–Kier alpha value is -2.54. The minimum Gasteiger partial charge on any atom is -0.424 e. The SMILES string of the molecule is O[C@H](CNc1nc2ccccc2o1)c1ccccc1C(F)(F)F. The maximum atomic E-state index is 12.9. The first kappa shape index (κ1) is 15.4. The van der Waals surface area contributed by atoms with Crippen molar-refractivity contribution in [3.8, 4) is 0 Å². The zero-order valence-electron chi connectivity index (χ0n) is 11.8. The summed E-state index contributed by atoms with van der Waals surface area (Å²) in [6.07, 6.45) is -5.86. The van der Waals surface area contributed by atoms with Crippen LogP contribution in [0.4, 0.5) is 19.2 Å². The van der Waals surface area contributed by atoms with E-state index < -0.39 is 17.8 Å². The van der Waals surface area contributed by atoms with Crippen LogP contribution in [0.1, 0.15) is 17.2 Å². The number of halogens is 3. The van der Waals surface area contributed by atoms with E-state index in [2.05, 4.69) is 10.3 Å². The topological polar surface area (TPSA) is 58.3 Å². The minimum absolute atomic E-state index is 0.148. The second-order valence-electron chi connectivity index (χ2n) is 4.97. The van der Waals surface area contributed by atoms with Gasteiger partial charge in [-0.1, -0.05) is 30.3 Å². The van der Waals surface area contributed by atoms with Gasteiger partial charge in [0.25, 0.3) is 6.01 Å². The highest BCUT2D eigenvalue weighted by molar-refractivity contribution is 5.74. The van der Waals surface area contributed by atoms with Gasteiger partial charge in [-0.3, -0.25) is 0 Å². The number of nitrogens with one attached hydrogen (secondary N) is 1. The monoisotopic (exact) mass is 322 g/mol. The maximum Gasteiger partial charge on any atom is 0.416 e. The van der Waals surface area contributed by atoms with E-state index in [9.17, 15) is 18.3 Å². The zero-order valence-corrected chi connectivity index (χ0v) is 11.8. The molecule has 0 aliphatic rings. The number of aromatic nitrogens is 1. The molecule has 2 aromatic carbocycles. The fraction of sp³-hybridized carbons (Fsp3) is 0.188. The molecule has 0 spiro atoms. The molecule has 1 atom stereocenters. The molecule has 3 aromatic rings. The molecule has 0 amide bonds. The summed E-state index contributed by atoms with van der Waals surface area (Å²) in [7, 11) is 0. The number of alkyl halides is 3. The molecule has 1 aromatic heterocycles. The van der Waals surface area contributed by atoms with Crippen LogP contribution in [0.25, 0.3) is 11.1 Å². The van der Waals surface area contributed by atoms with Crippen molar-refractivity contribution in [3.05, 3.63) is 59.7 Å². The number of aliphatic hydroxyl groups excluding tert-OH is 1. The first-order valence-electron chi connectivity index (χ1n) is 6.89. The van der Waals surface area contributed by atoms with Gasteiger partial charge in [0.05, 0.1) is 11.7 Å². The Morgan fingerprint density at radius 3 is 2.52 bits per heavy atom. The molecular weight excluding hydrogens is 309 g/mol. The Kier molecular flexibility index (Phi) is 3.96. The van der Waals surface area contributed by atoms with E-state index in [1.54, 1.807) is 24.3 Å². The van der Waals surface area contributed by atoms with Crippen LogP contribution in [-0.2, 0) is 6.18 Å². The van der Waals surface area contributed by atoms with Crippen LogP contribution in [0.5, 0.6) is 0 Å². The van der Waals surface area contributed by atoms with Crippen molar-refractivity contribution in [1.82, 2.24) is 4.98 Å². The average molecular weight is 322 g/mol. The van der Waals surface area contributed by atoms with Gasteiger partial charge in [0, 0.05) is 6.54 Å².